The van der Waals surface area contributed by atoms with Gasteiger partial charge in [0.05, 0.1) is 0 Å². The van der Waals surface area contributed by atoms with E-state index in [4.69, 9.17) is 5.73 Å². The van der Waals surface area contributed by atoms with Gasteiger partial charge in [0.25, 0.3) is 0 Å². The van der Waals surface area contributed by atoms with Crippen molar-refractivity contribution in [1.82, 2.24) is 0 Å². The molecule has 0 fully saturated rings. The lowest BCUT2D eigenvalue weighted by molar-refractivity contribution is 0.519. The average molecular weight is 207 g/mol. The van der Waals surface area contributed by atoms with E-state index in [1.54, 1.807) is 0 Å². The molecule has 0 spiro atoms. The highest BCUT2D eigenvalue weighted by atomic mass is 14.6. The molecule has 1 nitrogen and oxygen atoms in total. The van der Waals surface area contributed by atoms with Crippen LogP contribution in [0.2, 0.25) is 0 Å². The Morgan fingerprint density at radius 2 is 1.93 bits per heavy atom. The first-order chi connectivity index (χ1) is 7.33. The third-order valence-corrected chi connectivity index (χ3v) is 3.15. The molecule has 15 heavy (non-hydrogen) atoms. The van der Waals surface area contributed by atoms with Gasteiger partial charge in [0, 0.05) is 5.70 Å². The predicted molar refractivity (Wildman–Crippen MR) is 67.5 cm³/mol. The van der Waals surface area contributed by atoms with Gasteiger partial charge < -0.3 is 5.73 Å². The molecule has 0 amide bonds. The molecule has 1 rings (SSSR count). The second-order valence-electron chi connectivity index (χ2n) is 4.62. The van der Waals surface area contributed by atoms with E-state index in [9.17, 15) is 0 Å². The highest BCUT2D eigenvalue weighted by Crippen LogP contribution is 2.20. The van der Waals surface area contributed by atoms with Gasteiger partial charge in [-0.15, -0.1) is 0 Å². The topological polar surface area (TPSA) is 26.0 Å². The normalized spacial score (nSPS) is 20.3. The van der Waals surface area contributed by atoms with Crippen LogP contribution >= 0.6 is 0 Å². The largest absolute Gasteiger partial charge is 0.399 e. The summed E-state index contributed by atoms with van der Waals surface area (Å²) < 4.78 is 0. The average Bonchev–Trinajstić information content (AvgIpc) is 2.26. The summed E-state index contributed by atoms with van der Waals surface area (Å²) in [5.74, 6) is 0.753. The van der Waals surface area contributed by atoms with Gasteiger partial charge in [-0.2, -0.15) is 0 Å². The van der Waals surface area contributed by atoms with E-state index < -0.39 is 0 Å². The maximum Gasteiger partial charge on any atom is 0.0270 e. The summed E-state index contributed by atoms with van der Waals surface area (Å²) in [6.07, 6.45) is 17.4. The minimum atomic E-state index is 0.753. The van der Waals surface area contributed by atoms with Crippen LogP contribution in [0.4, 0.5) is 0 Å². The van der Waals surface area contributed by atoms with E-state index in [1.165, 1.54) is 44.9 Å². The highest BCUT2D eigenvalue weighted by molar-refractivity contribution is 5.20. The molecule has 0 aromatic carbocycles. The number of unbranched alkanes of at least 4 members (excludes halogenated alkanes) is 5. The number of hydrogen-bond donors (Lipinski definition) is 1. The molecule has 1 heteroatoms. The smallest absolute Gasteiger partial charge is 0.0270 e. The van der Waals surface area contributed by atoms with Gasteiger partial charge in [0.15, 0.2) is 0 Å². The zero-order valence-electron chi connectivity index (χ0n) is 10.0. The van der Waals surface area contributed by atoms with Gasteiger partial charge in [0.2, 0.25) is 0 Å². The lowest BCUT2D eigenvalue weighted by Gasteiger charge is -2.14. The summed E-state index contributed by atoms with van der Waals surface area (Å²) in [6.45, 7) is 2.27. The Kier molecular flexibility index (Phi) is 6.22. The third kappa shape index (κ3) is 5.66. The van der Waals surface area contributed by atoms with Gasteiger partial charge in [-0.05, 0) is 24.8 Å². The molecular weight excluding hydrogens is 182 g/mol. The van der Waals surface area contributed by atoms with Crippen LogP contribution < -0.4 is 5.73 Å². The van der Waals surface area contributed by atoms with Crippen LogP contribution in [0.3, 0.4) is 0 Å². The molecule has 0 radical (unpaired) electrons. The summed E-state index contributed by atoms with van der Waals surface area (Å²) in [5, 5.41) is 0. The van der Waals surface area contributed by atoms with E-state index >= 15 is 0 Å². The number of nitrogens with two attached hydrogens (primary N) is 1. The van der Waals surface area contributed by atoms with E-state index in [1.807, 2.05) is 0 Å². The Balaban J connectivity index is 1.95. The maximum absolute atomic E-state index is 5.68. The van der Waals surface area contributed by atoms with Gasteiger partial charge in [-0.3, -0.25) is 0 Å². The molecule has 0 saturated carbocycles. The fourth-order valence-electron chi connectivity index (χ4n) is 2.08. The first kappa shape index (κ1) is 12.4. The molecular formula is C14H25N. The van der Waals surface area contributed by atoms with Crippen LogP contribution in [0.15, 0.2) is 23.9 Å². The van der Waals surface area contributed by atoms with Crippen molar-refractivity contribution in [2.75, 3.05) is 0 Å². The van der Waals surface area contributed by atoms with Gasteiger partial charge in [0.1, 0.15) is 0 Å². The summed E-state index contributed by atoms with van der Waals surface area (Å²) in [4.78, 5) is 0. The predicted octanol–water partition coefficient (Wildman–Crippen LogP) is 4.16. The monoisotopic (exact) mass is 207 g/mol. The van der Waals surface area contributed by atoms with Crippen LogP contribution in [0.1, 0.15) is 58.3 Å². The molecule has 1 unspecified atom stereocenters. The first-order valence-electron chi connectivity index (χ1n) is 6.46. The van der Waals surface area contributed by atoms with E-state index in [0.717, 1.165) is 18.0 Å². The van der Waals surface area contributed by atoms with Crippen LogP contribution in [0.5, 0.6) is 0 Å². The molecule has 86 valence electrons. The molecule has 2 N–H and O–H groups in total. The molecule has 0 aromatic rings. The fraction of sp³-hybridized carbons (Fsp3) is 0.714. The fourth-order valence-corrected chi connectivity index (χ4v) is 2.08. The van der Waals surface area contributed by atoms with Gasteiger partial charge in [-0.25, -0.2) is 0 Å². The lowest BCUT2D eigenvalue weighted by atomic mass is 9.93. The molecule has 1 atom stereocenters. The molecule has 0 aromatic heterocycles. The Morgan fingerprint density at radius 3 is 2.60 bits per heavy atom. The Bertz CT molecular complexity index is 215. The number of allylic oxidation sites excluding steroid dienone is 3. The molecule has 0 heterocycles. The van der Waals surface area contributed by atoms with Crippen molar-refractivity contribution in [2.24, 2.45) is 11.7 Å². The second kappa shape index (κ2) is 7.56. The first-order valence-corrected chi connectivity index (χ1v) is 6.46. The minimum absolute atomic E-state index is 0.753. The number of hydrogen-bond acceptors (Lipinski definition) is 1. The van der Waals surface area contributed by atoms with Crippen molar-refractivity contribution in [2.45, 2.75) is 58.3 Å². The molecule has 0 saturated heterocycles. The van der Waals surface area contributed by atoms with Crippen molar-refractivity contribution in [3.05, 3.63) is 23.9 Å². The quantitative estimate of drug-likeness (QED) is 0.623. The van der Waals surface area contributed by atoms with E-state index in [0.29, 0.717) is 0 Å². The van der Waals surface area contributed by atoms with Crippen LogP contribution in [0.25, 0.3) is 0 Å². The minimum Gasteiger partial charge on any atom is -0.399 e. The maximum atomic E-state index is 5.68. The van der Waals surface area contributed by atoms with Crippen LogP contribution in [0, 0.1) is 5.92 Å². The van der Waals surface area contributed by atoms with E-state index in [2.05, 4.69) is 25.2 Å². The van der Waals surface area contributed by atoms with Crippen molar-refractivity contribution < 1.29 is 0 Å². The molecule has 1 aliphatic carbocycles. The van der Waals surface area contributed by atoms with Crippen LogP contribution in [-0.2, 0) is 0 Å². The zero-order chi connectivity index (χ0) is 10.9. The highest BCUT2D eigenvalue weighted by Gasteiger charge is 2.06. The van der Waals surface area contributed by atoms with Gasteiger partial charge in [-0.1, -0.05) is 57.6 Å². The summed E-state index contributed by atoms with van der Waals surface area (Å²) in [7, 11) is 0. The van der Waals surface area contributed by atoms with Crippen molar-refractivity contribution in [1.29, 1.82) is 0 Å². The molecule has 0 bridgehead atoms. The SMILES string of the molecule is CCCCCCCCC1C=CC(N)=CC1. The van der Waals surface area contributed by atoms with Crippen molar-refractivity contribution >= 4 is 0 Å². The molecule has 0 aliphatic heterocycles. The zero-order valence-corrected chi connectivity index (χ0v) is 10.0. The van der Waals surface area contributed by atoms with Crippen molar-refractivity contribution in [3.63, 3.8) is 0 Å². The Morgan fingerprint density at radius 1 is 1.20 bits per heavy atom. The Hall–Kier alpha value is -0.720. The third-order valence-electron chi connectivity index (χ3n) is 3.15. The standard InChI is InChI=1S/C14H25N/c1-2-3-4-5-6-7-8-13-9-11-14(15)12-10-13/h9,11-13H,2-8,10,15H2,1H3. The van der Waals surface area contributed by atoms with Gasteiger partial charge >= 0.3 is 0 Å². The van der Waals surface area contributed by atoms with Crippen molar-refractivity contribution in [3.8, 4) is 0 Å². The second-order valence-corrected chi connectivity index (χ2v) is 4.62. The number of rotatable bonds is 7. The Labute approximate surface area is 94.4 Å². The molecule has 1 aliphatic rings. The van der Waals surface area contributed by atoms with E-state index in [-0.39, 0.29) is 0 Å². The summed E-state index contributed by atoms with van der Waals surface area (Å²) in [6, 6.07) is 0. The van der Waals surface area contributed by atoms with Crippen LogP contribution in [-0.4, -0.2) is 0 Å². The summed E-state index contributed by atoms with van der Waals surface area (Å²) >= 11 is 0. The lowest BCUT2D eigenvalue weighted by Crippen LogP contribution is -2.04. The summed E-state index contributed by atoms with van der Waals surface area (Å²) in [5.41, 5.74) is 6.62.